The molecular weight excluding hydrogens is 404 g/mol. The van der Waals surface area contributed by atoms with Crippen LogP contribution in [0.3, 0.4) is 0 Å². The van der Waals surface area contributed by atoms with Crippen molar-refractivity contribution in [3.63, 3.8) is 0 Å². The summed E-state index contributed by atoms with van der Waals surface area (Å²) in [5.74, 6) is 2.35. The Bertz CT molecular complexity index is 830. The molecule has 12 atom stereocenters. The Hall–Kier alpha value is -0.780. The molecule has 0 radical (unpaired) electrons. The highest BCUT2D eigenvalue weighted by Crippen LogP contribution is 2.70. The van der Waals surface area contributed by atoms with Crippen molar-refractivity contribution in [3.05, 3.63) is 0 Å². The molecule has 0 amide bonds. The van der Waals surface area contributed by atoms with Crippen LogP contribution in [0, 0.1) is 52.3 Å². The molecule has 5 nitrogen and oxygen atoms in total. The number of carbonyl (C=O) groups excluding carboxylic acids is 2. The number of Topliss-reactive ketones (excluding diaryl/α,β-unsaturated/α-hetero) is 2. The molecule has 2 saturated heterocycles. The van der Waals surface area contributed by atoms with Crippen molar-refractivity contribution in [2.75, 3.05) is 6.61 Å². The first kappa shape index (κ1) is 21.7. The zero-order chi connectivity index (χ0) is 22.6. The molecule has 4 saturated carbocycles. The average molecular weight is 445 g/mol. The van der Waals surface area contributed by atoms with Crippen LogP contribution >= 0.6 is 0 Å². The number of aliphatic hydroxyl groups excluding tert-OH is 1. The maximum absolute atomic E-state index is 14.0. The standard InChI is InChI=1S/C27H40O5/c1-14-7-8-27(31-13-14)15(2)24-22(32-27)10-19-17-6-5-16-9-20(28)21(29)12-25(16,3)18(17)11-23(30)26(19,24)4/h14-20,22,24,28H,5-13H2,1-4H3/t14-,15+,16+,17-,18+,19-,20+,22+,24+,25+,26-,27-/m1/s1. The molecule has 6 aliphatic rings. The molecule has 2 aliphatic heterocycles. The van der Waals surface area contributed by atoms with E-state index in [4.69, 9.17) is 9.47 Å². The van der Waals surface area contributed by atoms with E-state index in [9.17, 15) is 14.7 Å². The van der Waals surface area contributed by atoms with Crippen molar-refractivity contribution in [2.24, 2.45) is 52.3 Å². The Balaban J connectivity index is 1.31. The lowest BCUT2D eigenvalue weighted by Gasteiger charge is -2.60. The van der Waals surface area contributed by atoms with Crippen molar-refractivity contribution in [3.8, 4) is 0 Å². The molecule has 1 spiro atoms. The summed E-state index contributed by atoms with van der Waals surface area (Å²) in [6.45, 7) is 9.75. The minimum atomic E-state index is -0.802. The van der Waals surface area contributed by atoms with Gasteiger partial charge in [-0.3, -0.25) is 9.59 Å². The summed E-state index contributed by atoms with van der Waals surface area (Å²) in [6, 6.07) is 0. The third-order valence-electron chi connectivity index (χ3n) is 11.6. The van der Waals surface area contributed by atoms with Crippen LogP contribution < -0.4 is 0 Å². The summed E-state index contributed by atoms with van der Waals surface area (Å²) in [4.78, 5) is 26.5. The van der Waals surface area contributed by atoms with E-state index >= 15 is 0 Å². The number of carbonyl (C=O) groups is 2. The van der Waals surface area contributed by atoms with Crippen LogP contribution in [-0.4, -0.2) is 41.3 Å². The van der Waals surface area contributed by atoms with Gasteiger partial charge in [-0.05, 0) is 67.1 Å². The fourth-order valence-corrected chi connectivity index (χ4v) is 9.78. The molecule has 0 aromatic heterocycles. The van der Waals surface area contributed by atoms with Gasteiger partial charge in [0.2, 0.25) is 0 Å². The second-order valence-electron chi connectivity index (χ2n) is 12.9. The second kappa shape index (κ2) is 6.88. The molecule has 6 fully saturated rings. The second-order valence-corrected chi connectivity index (χ2v) is 12.9. The molecule has 1 N–H and O–H groups in total. The topological polar surface area (TPSA) is 72.8 Å². The van der Waals surface area contributed by atoms with E-state index in [0.29, 0.717) is 48.7 Å². The van der Waals surface area contributed by atoms with Crippen molar-refractivity contribution >= 4 is 11.6 Å². The van der Waals surface area contributed by atoms with Gasteiger partial charge in [-0.2, -0.15) is 0 Å². The summed E-state index contributed by atoms with van der Waals surface area (Å²) in [5, 5.41) is 10.2. The summed E-state index contributed by atoms with van der Waals surface area (Å²) >= 11 is 0. The SMILES string of the molecule is C[C@@H]1CC[C@@]2(OC1)O[C@H]1C[C@@H]3[C@@H]4CC[C@H]5C[C@H](O)C(=O)C[C@]5(C)[C@H]4CC(=O)[C@]3(C)[C@H]1[C@@H]2C. The van der Waals surface area contributed by atoms with Crippen molar-refractivity contribution in [1.29, 1.82) is 0 Å². The van der Waals surface area contributed by atoms with Crippen LogP contribution in [0.1, 0.15) is 79.1 Å². The Morgan fingerprint density at radius 1 is 1.03 bits per heavy atom. The minimum absolute atomic E-state index is 0.0175. The number of hydrogen-bond donors (Lipinski definition) is 1. The molecule has 6 rings (SSSR count). The highest BCUT2D eigenvalue weighted by atomic mass is 16.7. The first-order chi connectivity index (χ1) is 15.1. The van der Waals surface area contributed by atoms with Gasteiger partial charge in [0.1, 0.15) is 11.9 Å². The lowest BCUT2D eigenvalue weighted by atomic mass is 9.44. The quantitative estimate of drug-likeness (QED) is 0.608. The molecular formula is C27H40O5. The van der Waals surface area contributed by atoms with E-state index in [1.807, 2.05) is 0 Å². The zero-order valence-corrected chi connectivity index (χ0v) is 20.1. The average Bonchev–Trinajstić information content (AvgIpc) is 3.19. The largest absolute Gasteiger partial charge is 0.385 e. The van der Waals surface area contributed by atoms with Crippen molar-refractivity contribution in [1.82, 2.24) is 0 Å². The van der Waals surface area contributed by atoms with Crippen LogP contribution in [0.5, 0.6) is 0 Å². The van der Waals surface area contributed by atoms with Gasteiger partial charge in [0.15, 0.2) is 11.6 Å². The van der Waals surface area contributed by atoms with E-state index in [2.05, 4.69) is 27.7 Å². The predicted molar refractivity (Wildman–Crippen MR) is 119 cm³/mol. The Morgan fingerprint density at radius 3 is 2.53 bits per heavy atom. The first-order valence-corrected chi connectivity index (χ1v) is 13.2. The fourth-order valence-electron chi connectivity index (χ4n) is 9.78. The third-order valence-corrected chi connectivity index (χ3v) is 11.6. The van der Waals surface area contributed by atoms with Gasteiger partial charge in [-0.15, -0.1) is 0 Å². The number of ether oxygens (including phenoxy) is 2. The number of ketones is 2. The van der Waals surface area contributed by atoms with Crippen LogP contribution in [0.4, 0.5) is 0 Å². The third kappa shape index (κ3) is 2.62. The summed E-state index contributed by atoms with van der Waals surface area (Å²) in [7, 11) is 0. The molecule has 0 bridgehead atoms. The Kier molecular flexibility index (Phi) is 4.68. The van der Waals surface area contributed by atoms with Crippen LogP contribution in [0.15, 0.2) is 0 Å². The van der Waals surface area contributed by atoms with Gasteiger partial charge in [0.25, 0.3) is 0 Å². The zero-order valence-electron chi connectivity index (χ0n) is 20.1. The monoisotopic (exact) mass is 444 g/mol. The molecule has 0 aromatic rings. The van der Waals surface area contributed by atoms with E-state index in [-0.39, 0.29) is 40.5 Å². The van der Waals surface area contributed by atoms with Crippen molar-refractivity contribution < 1.29 is 24.2 Å². The number of fused-ring (bicyclic) bond motifs is 7. The van der Waals surface area contributed by atoms with Gasteiger partial charge in [-0.25, -0.2) is 0 Å². The molecule has 0 aromatic carbocycles. The van der Waals surface area contributed by atoms with E-state index in [1.165, 1.54) is 0 Å². The summed E-state index contributed by atoms with van der Waals surface area (Å²) in [6.07, 6.45) is 6.12. The molecule has 5 heteroatoms. The Labute approximate surface area is 192 Å². The normalized spacial score (nSPS) is 59.5. The van der Waals surface area contributed by atoms with Gasteiger partial charge < -0.3 is 14.6 Å². The molecule has 2 heterocycles. The van der Waals surface area contributed by atoms with Gasteiger partial charge in [0.05, 0.1) is 12.7 Å². The fraction of sp³-hybridized carbons (Fsp3) is 0.926. The predicted octanol–water partition coefficient (Wildman–Crippen LogP) is 4.15. The van der Waals surface area contributed by atoms with E-state index < -0.39 is 11.9 Å². The molecule has 32 heavy (non-hydrogen) atoms. The summed E-state index contributed by atoms with van der Waals surface area (Å²) in [5.41, 5.74) is -0.493. The lowest BCUT2D eigenvalue weighted by molar-refractivity contribution is -0.272. The van der Waals surface area contributed by atoms with E-state index in [0.717, 1.165) is 38.7 Å². The molecule has 178 valence electrons. The maximum atomic E-state index is 14.0. The van der Waals surface area contributed by atoms with Gasteiger partial charge in [-0.1, -0.05) is 27.7 Å². The number of rotatable bonds is 0. The van der Waals surface area contributed by atoms with Gasteiger partial charge >= 0.3 is 0 Å². The smallest absolute Gasteiger partial charge is 0.171 e. The van der Waals surface area contributed by atoms with Crippen molar-refractivity contribution in [2.45, 2.75) is 97.1 Å². The number of hydrogen-bond acceptors (Lipinski definition) is 5. The lowest BCUT2D eigenvalue weighted by Crippen LogP contribution is -2.59. The summed E-state index contributed by atoms with van der Waals surface area (Å²) < 4.78 is 13.1. The van der Waals surface area contributed by atoms with Crippen LogP contribution in [0.2, 0.25) is 0 Å². The molecule has 0 unspecified atom stereocenters. The highest BCUT2D eigenvalue weighted by molar-refractivity contribution is 5.88. The van der Waals surface area contributed by atoms with Gasteiger partial charge in [0, 0.05) is 36.5 Å². The van der Waals surface area contributed by atoms with E-state index in [1.54, 1.807) is 0 Å². The van der Waals surface area contributed by atoms with Crippen LogP contribution in [-0.2, 0) is 19.1 Å². The van der Waals surface area contributed by atoms with Crippen LogP contribution in [0.25, 0.3) is 0 Å². The molecule has 4 aliphatic carbocycles. The number of aliphatic hydroxyl groups is 1. The minimum Gasteiger partial charge on any atom is -0.385 e. The highest BCUT2D eigenvalue weighted by Gasteiger charge is 2.72. The Morgan fingerprint density at radius 2 is 1.81 bits per heavy atom. The maximum Gasteiger partial charge on any atom is 0.171 e. The first-order valence-electron chi connectivity index (χ1n) is 13.2.